The number of ether oxygens (including phenoxy) is 2. The second-order valence-electron chi connectivity index (χ2n) is 3.79. The van der Waals surface area contributed by atoms with Crippen LogP contribution in [0.1, 0.15) is 15.9 Å². The molecule has 0 spiro atoms. The SMILES string of the molecule is COc1ccc(C(=O)c2cncc(Br)c2)c(OC)c1. The van der Waals surface area contributed by atoms with Crippen molar-refractivity contribution in [3.63, 3.8) is 0 Å². The molecule has 0 aliphatic rings. The molecule has 1 heterocycles. The Morgan fingerprint density at radius 2 is 1.95 bits per heavy atom. The summed E-state index contributed by atoms with van der Waals surface area (Å²) in [5, 5.41) is 0. The summed E-state index contributed by atoms with van der Waals surface area (Å²) in [6.45, 7) is 0. The van der Waals surface area contributed by atoms with Gasteiger partial charge >= 0.3 is 0 Å². The molecule has 2 aromatic rings. The van der Waals surface area contributed by atoms with E-state index in [0.29, 0.717) is 22.6 Å². The lowest BCUT2D eigenvalue weighted by Gasteiger charge is -2.09. The van der Waals surface area contributed by atoms with Crippen molar-refractivity contribution in [2.75, 3.05) is 14.2 Å². The van der Waals surface area contributed by atoms with Crippen LogP contribution < -0.4 is 9.47 Å². The van der Waals surface area contributed by atoms with E-state index in [1.807, 2.05) is 0 Å². The molecule has 98 valence electrons. The van der Waals surface area contributed by atoms with Crippen molar-refractivity contribution in [3.8, 4) is 11.5 Å². The van der Waals surface area contributed by atoms with E-state index in [2.05, 4.69) is 20.9 Å². The molecule has 0 amide bonds. The first-order valence-corrected chi connectivity index (χ1v) is 6.32. The maximum atomic E-state index is 12.4. The van der Waals surface area contributed by atoms with Crippen LogP contribution in [0.5, 0.6) is 11.5 Å². The van der Waals surface area contributed by atoms with Crippen molar-refractivity contribution in [2.45, 2.75) is 0 Å². The maximum absolute atomic E-state index is 12.4. The highest BCUT2D eigenvalue weighted by Gasteiger charge is 2.15. The van der Waals surface area contributed by atoms with Crippen LogP contribution >= 0.6 is 15.9 Å². The molecule has 1 aromatic carbocycles. The number of benzene rings is 1. The molecule has 1 aromatic heterocycles. The standard InChI is InChI=1S/C14H12BrNO3/c1-18-11-3-4-12(13(6-11)19-2)14(17)9-5-10(15)8-16-7-9/h3-8H,1-2H3. The molecule has 0 saturated heterocycles. The lowest BCUT2D eigenvalue weighted by Crippen LogP contribution is -2.04. The van der Waals surface area contributed by atoms with Crippen LogP contribution in [0, 0.1) is 0 Å². The largest absolute Gasteiger partial charge is 0.497 e. The second-order valence-corrected chi connectivity index (χ2v) is 4.70. The van der Waals surface area contributed by atoms with Gasteiger partial charge in [0.1, 0.15) is 11.5 Å². The Balaban J connectivity index is 2.44. The van der Waals surface area contributed by atoms with Gasteiger partial charge in [0.15, 0.2) is 5.78 Å². The summed E-state index contributed by atoms with van der Waals surface area (Å²) in [4.78, 5) is 16.4. The van der Waals surface area contributed by atoms with Crippen LogP contribution in [0.3, 0.4) is 0 Å². The summed E-state index contributed by atoms with van der Waals surface area (Å²) in [6.07, 6.45) is 3.15. The van der Waals surface area contributed by atoms with Crippen molar-refractivity contribution in [3.05, 3.63) is 52.3 Å². The Hall–Kier alpha value is -1.88. The van der Waals surface area contributed by atoms with Crippen molar-refractivity contribution in [2.24, 2.45) is 0 Å². The molecule has 0 N–H and O–H groups in total. The van der Waals surface area contributed by atoms with Crippen LogP contribution in [0.25, 0.3) is 0 Å². The average Bonchev–Trinajstić information content (AvgIpc) is 2.45. The Morgan fingerprint density at radius 3 is 2.58 bits per heavy atom. The molecule has 0 fully saturated rings. The summed E-state index contributed by atoms with van der Waals surface area (Å²) in [6, 6.07) is 6.81. The number of pyridine rings is 1. The summed E-state index contributed by atoms with van der Waals surface area (Å²) < 4.78 is 11.1. The molecule has 0 saturated carbocycles. The highest BCUT2D eigenvalue weighted by molar-refractivity contribution is 9.10. The van der Waals surface area contributed by atoms with Crippen LogP contribution in [-0.2, 0) is 0 Å². The molecule has 0 atom stereocenters. The lowest BCUT2D eigenvalue weighted by molar-refractivity contribution is 0.103. The van der Waals surface area contributed by atoms with Crippen LogP contribution in [-0.4, -0.2) is 25.0 Å². The Labute approximate surface area is 119 Å². The summed E-state index contributed by atoms with van der Waals surface area (Å²) in [7, 11) is 3.08. The number of ketones is 1. The van der Waals surface area contributed by atoms with Crippen molar-refractivity contribution in [1.29, 1.82) is 0 Å². The first-order chi connectivity index (χ1) is 9.15. The van der Waals surface area contributed by atoms with Gasteiger partial charge in [-0.3, -0.25) is 9.78 Å². The number of nitrogens with zero attached hydrogens (tertiary/aromatic N) is 1. The van der Waals surface area contributed by atoms with E-state index in [1.165, 1.54) is 13.3 Å². The number of carbonyl (C=O) groups excluding carboxylic acids is 1. The second kappa shape index (κ2) is 5.84. The highest BCUT2D eigenvalue weighted by atomic mass is 79.9. The zero-order chi connectivity index (χ0) is 13.8. The number of hydrogen-bond acceptors (Lipinski definition) is 4. The van der Waals surface area contributed by atoms with Gasteiger partial charge in [-0.05, 0) is 34.1 Å². The summed E-state index contributed by atoms with van der Waals surface area (Å²) in [5.74, 6) is 0.971. The van der Waals surface area contributed by atoms with Gasteiger partial charge in [0.25, 0.3) is 0 Å². The third-order valence-corrected chi connectivity index (χ3v) is 3.05. The first-order valence-electron chi connectivity index (χ1n) is 5.53. The van der Waals surface area contributed by atoms with Gasteiger partial charge in [-0.2, -0.15) is 0 Å². The zero-order valence-corrected chi connectivity index (χ0v) is 12.1. The Kier molecular flexibility index (Phi) is 4.16. The average molecular weight is 322 g/mol. The van der Waals surface area contributed by atoms with E-state index in [4.69, 9.17) is 9.47 Å². The monoisotopic (exact) mass is 321 g/mol. The third-order valence-electron chi connectivity index (χ3n) is 2.62. The topological polar surface area (TPSA) is 48.4 Å². The minimum absolute atomic E-state index is 0.145. The summed E-state index contributed by atoms with van der Waals surface area (Å²) >= 11 is 3.30. The predicted molar refractivity (Wildman–Crippen MR) is 74.9 cm³/mol. The molecule has 0 bridgehead atoms. The van der Waals surface area contributed by atoms with Crippen LogP contribution in [0.15, 0.2) is 41.1 Å². The van der Waals surface area contributed by atoms with E-state index in [1.54, 1.807) is 37.6 Å². The molecular weight excluding hydrogens is 310 g/mol. The van der Waals surface area contributed by atoms with Crippen molar-refractivity contribution >= 4 is 21.7 Å². The minimum atomic E-state index is -0.145. The quantitative estimate of drug-likeness (QED) is 0.812. The van der Waals surface area contributed by atoms with Crippen molar-refractivity contribution < 1.29 is 14.3 Å². The molecule has 0 unspecified atom stereocenters. The van der Waals surface area contributed by atoms with Gasteiger partial charge < -0.3 is 9.47 Å². The zero-order valence-electron chi connectivity index (χ0n) is 10.5. The first kappa shape index (κ1) is 13.5. The molecular formula is C14H12BrNO3. The molecule has 19 heavy (non-hydrogen) atoms. The van der Waals surface area contributed by atoms with E-state index < -0.39 is 0 Å². The van der Waals surface area contributed by atoms with Gasteiger partial charge in [0.2, 0.25) is 0 Å². The molecule has 0 radical (unpaired) electrons. The van der Waals surface area contributed by atoms with E-state index >= 15 is 0 Å². The van der Waals surface area contributed by atoms with E-state index in [-0.39, 0.29) is 5.78 Å². The van der Waals surface area contributed by atoms with Gasteiger partial charge in [-0.25, -0.2) is 0 Å². The number of rotatable bonds is 4. The Bertz CT molecular complexity index is 613. The van der Waals surface area contributed by atoms with E-state index in [0.717, 1.165) is 4.47 Å². The normalized spacial score (nSPS) is 10.1. The number of carbonyl (C=O) groups is 1. The summed E-state index contributed by atoms with van der Waals surface area (Å²) in [5.41, 5.74) is 0.973. The van der Waals surface area contributed by atoms with Crippen LogP contribution in [0.4, 0.5) is 0 Å². The smallest absolute Gasteiger partial charge is 0.198 e. The van der Waals surface area contributed by atoms with E-state index in [9.17, 15) is 4.79 Å². The van der Waals surface area contributed by atoms with Crippen LogP contribution in [0.2, 0.25) is 0 Å². The highest BCUT2D eigenvalue weighted by Crippen LogP contribution is 2.27. The molecule has 0 aliphatic heterocycles. The van der Waals surface area contributed by atoms with Gasteiger partial charge in [-0.15, -0.1) is 0 Å². The number of methoxy groups -OCH3 is 2. The molecule has 2 rings (SSSR count). The number of halogens is 1. The molecule has 5 heteroatoms. The molecule has 0 aliphatic carbocycles. The maximum Gasteiger partial charge on any atom is 0.198 e. The minimum Gasteiger partial charge on any atom is -0.497 e. The fraction of sp³-hybridized carbons (Fsp3) is 0.143. The van der Waals surface area contributed by atoms with Gasteiger partial charge in [0.05, 0.1) is 19.8 Å². The fourth-order valence-electron chi connectivity index (χ4n) is 1.68. The molecule has 4 nitrogen and oxygen atoms in total. The fourth-order valence-corrected chi connectivity index (χ4v) is 2.04. The number of aromatic nitrogens is 1. The van der Waals surface area contributed by atoms with Crippen molar-refractivity contribution in [1.82, 2.24) is 4.98 Å². The predicted octanol–water partition coefficient (Wildman–Crippen LogP) is 3.09. The third kappa shape index (κ3) is 2.93. The lowest BCUT2D eigenvalue weighted by atomic mass is 10.0. The Morgan fingerprint density at radius 1 is 1.16 bits per heavy atom. The van der Waals surface area contributed by atoms with Gasteiger partial charge in [-0.1, -0.05) is 0 Å². The number of hydrogen-bond donors (Lipinski definition) is 0. The van der Waals surface area contributed by atoms with Gasteiger partial charge in [0, 0.05) is 28.5 Å².